The minimum absolute atomic E-state index is 0.122. The molecular formula is C21H24N6O4S. The molecule has 3 aromatic rings. The standard InChI is InChI=1S/C21H24N6O4S/c1-3-16-21(29)25-19-12-15(5-7-17(19)24-16)32(30,31)27-10-8-26(9-11-27)14-4-6-18(23-13-14)20(28)22-2/h4-7,12-13H,3,8-11H2,1-2H3,(H,22,28)(H,25,29). The smallest absolute Gasteiger partial charge is 0.270 e. The topological polar surface area (TPSA) is 128 Å². The molecule has 1 aliphatic heterocycles. The summed E-state index contributed by atoms with van der Waals surface area (Å²) in [5.74, 6) is -0.259. The molecule has 1 fully saturated rings. The zero-order valence-electron chi connectivity index (χ0n) is 17.8. The Morgan fingerprint density at radius 2 is 1.91 bits per heavy atom. The second-order valence-electron chi connectivity index (χ2n) is 7.42. The summed E-state index contributed by atoms with van der Waals surface area (Å²) in [5.41, 5.74) is 2.22. The zero-order chi connectivity index (χ0) is 22.9. The number of amides is 1. The van der Waals surface area contributed by atoms with Gasteiger partial charge in [0.05, 0.1) is 27.8 Å². The van der Waals surface area contributed by atoms with Crippen LogP contribution in [0.4, 0.5) is 5.69 Å². The first-order valence-corrected chi connectivity index (χ1v) is 11.7. The highest BCUT2D eigenvalue weighted by atomic mass is 32.2. The highest BCUT2D eigenvalue weighted by molar-refractivity contribution is 7.89. The van der Waals surface area contributed by atoms with Crippen molar-refractivity contribution in [3.05, 3.63) is 58.3 Å². The number of aromatic nitrogens is 3. The number of hydrogen-bond donors (Lipinski definition) is 2. The van der Waals surface area contributed by atoms with Crippen molar-refractivity contribution < 1.29 is 13.2 Å². The molecule has 0 atom stereocenters. The number of carbonyl (C=O) groups excluding carboxylic acids is 1. The van der Waals surface area contributed by atoms with Crippen molar-refractivity contribution in [2.45, 2.75) is 18.2 Å². The quantitative estimate of drug-likeness (QED) is 0.580. The van der Waals surface area contributed by atoms with Crippen LogP contribution in [0.15, 0.2) is 46.2 Å². The summed E-state index contributed by atoms with van der Waals surface area (Å²) >= 11 is 0. The Kier molecular flexibility index (Phi) is 5.94. The van der Waals surface area contributed by atoms with Crippen LogP contribution in [0.1, 0.15) is 23.1 Å². The third kappa shape index (κ3) is 4.08. The lowest BCUT2D eigenvalue weighted by Crippen LogP contribution is -2.48. The van der Waals surface area contributed by atoms with E-state index in [2.05, 4.69) is 20.3 Å². The third-order valence-corrected chi connectivity index (χ3v) is 7.41. The summed E-state index contributed by atoms with van der Waals surface area (Å²) in [5, 5.41) is 2.53. The Hall–Kier alpha value is -3.31. The number of benzene rings is 1. The van der Waals surface area contributed by atoms with Crippen molar-refractivity contribution in [2.75, 3.05) is 38.1 Å². The third-order valence-electron chi connectivity index (χ3n) is 5.52. The van der Waals surface area contributed by atoms with Crippen LogP contribution in [-0.4, -0.2) is 66.8 Å². The number of sulfonamides is 1. The van der Waals surface area contributed by atoms with Crippen LogP contribution in [-0.2, 0) is 16.4 Å². The highest BCUT2D eigenvalue weighted by Gasteiger charge is 2.29. The van der Waals surface area contributed by atoms with Crippen molar-refractivity contribution in [3.63, 3.8) is 0 Å². The number of hydrogen-bond acceptors (Lipinski definition) is 7. The molecule has 0 spiro atoms. The number of pyridine rings is 1. The summed E-state index contributed by atoms with van der Waals surface area (Å²) in [6, 6.07) is 8.06. The van der Waals surface area contributed by atoms with Gasteiger partial charge in [0.15, 0.2) is 0 Å². The molecule has 0 bridgehead atoms. The van der Waals surface area contributed by atoms with Gasteiger partial charge in [-0.2, -0.15) is 4.31 Å². The summed E-state index contributed by atoms with van der Waals surface area (Å²) in [6.07, 6.45) is 2.12. The van der Waals surface area contributed by atoms with Gasteiger partial charge < -0.3 is 15.2 Å². The van der Waals surface area contributed by atoms with E-state index in [-0.39, 0.29) is 16.4 Å². The van der Waals surface area contributed by atoms with Crippen LogP contribution < -0.4 is 15.8 Å². The molecule has 0 unspecified atom stereocenters. The van der Waals surface area contributed by atoms with E-state index in [0.29, 0.717) is 55.0 Å². The van der Waals surface area contributed by atoms with Crippen LogP contribution in [0.5, 0.6) is 0 Å². The van der Waals surface area contributed by atoms with Crippen LogP contribution >= 0.6 is 0 Å². The van der Waals surface area contributed by atoms with Crippen LogP contribution in [0.3, 0.4) is 0 Å². The molecule has 2 N–H and O–H groups in total. The van der Waals surface area contributed by atoms with E-state index in [9.17, 15) is 18.0 Å². The largest absolute Gasteiger partial charge is 0.368 e. The van der Waals surface area contributed by atoms with Crippen molar-refractivity contribution in [1.29, 1.82) is 0 Å². The molecule has 0 saturated carbocycles. The maximum Gasteiger partial charge on any atom is 0.270 e. The van der Waals surface area contributed by atoms with E-state index >= 15 is 0 Å². The lowest BCUT2D eigenvalue weighted by atomic mass is 10.2. The first-order chi connectivity index (χ1) is 15.3. The van der Waals surface area contributed by atoms with Gasteiger partial charge >= 0.3 is 0 Å². The lowest BCUT2D eigenvalue weighted by molar-refractivity contribution is 0.0958. The number of piperazine rings is 1. The number of rotatable bonds is 5. The summed E-state index contributed by atoms with van der Waals surface area (Å²) in [7, 11) is -2.18. The molecule has 11 heteroatoms. The fraction of sp³-hybridized carbons (Fsp3) is 0.333. The zero-order valence-corrected chi connectivity index (χ0v) is 18.6. The van der Waals surface area contributed by atoms with Gasteiger partial charge in [-0.05, 0) is 36.8 Å². The first-order valence-electron chi connectivity index (χ1n) is 10.3. The summed E-state index contributed by atoms with van der Waals surface area (Å²) in [4.78, 5) is 37.0. The Balaban J connectivity index is 1.50. The maximum atomic E-state index is 13.2. The van der Waals surface area contributed by atoms with Gasteiger partial charge in [0, 0.05) is 33.2 Å². The molecule has 1 aromatic carbocycles. The molecule has 168 valence electrons. The number of nitrogens with zero attached hydrogens (tertiary/aromatic N) is 4. The molecule has 2 aromatic heterocycles. The van der Waals surface area contributed by atoms with Crippen LogP contribution in [0, 0.1) is 0 Å². The SMILES string of the molecule is CCc1nc2ccc(S(=O)(=O)N3CCN(c4ccc(C(=O)NC)nc4)CC3)cc2[nH]c1=O. The number of anilines is 1. The number of fused-ring (bicyclic) bond motifs is 1. The molecule has 1 amide bonds. The normalized spacial score (nSPS) is 15.1. The fourth-order valence-corrected chi connectivity index (χ4v) is 5.12. The van der Waals surface area contributed by atoms with Gasteiger partial charge in [-0.25, -0.2) is 18.4 Å². The number of nitrogens with one attached hydrogen (secondary N) is 2. The van der Waals surface area contributed by atoms with Crippen molar-refractivity contribution >= 4 is 32.7 Å². The first kappa shape index (κ1) is 21.9. The predicted octanol–water partition coefficient (Wildman–Crippen LogP) is 0.751. The van der Waals surface area contributed by atoms with Gasteiger partial charge in [0.25, 0.3) is 11.5 Å². The van der Waals surface area contributed by atoms with Gasteiger partial charge in [0.1, 0.15) is 11.4 Å². The Morgan fingerprint density at radius 3 is 2.53 bits per heavy atom. The second-order valence-corrected chi connectivity index (χ2v) is 9.35. The molecule has 32 heavy (non-hydrogen) atoms. The second kappa shape index (κ2) is 8.67. The van der Waals surface area contributed by atoms with Gasteiger partial charge in [-0.3, -0.25) is 9.59 Å². The van der Waals surface area contributed by atoms with Crippen molar-refractivity contribution in [3.8, 4) is 0 Å². The van der Waals surface area contributed by atoms with E-state index in [1.54, 1.807) is 31.4 Å². The highest BCUT2D eigenvalue weighted by Crippen LogP contribution is 2.23. The van der Waals surface area contributed by atoms with Crippen molar-refractivity contribution in [2.24, 2.45) is 0 Å². The average Bonchev–Trinajstić information content (AvgIpc) is 2.82. The number of carbonyl (C=O) groups is 1. The van der Waals surface area contributed by atoms with Gasteiger partial charge in [0.2, 0.25) is 10.0 Å². The Morgan fingerprint density at radius 1 is 1.16 bits per heavy atom. The van der Waals surface area contributed by atoms with E-state index in [1.807, 2.05) is 11.8 Å². The average molecular weight is 457 g/mol. The maximum absolute atomic E-state index is 13.2. The van der Waals surface area contributed by atoms with E-state index < -0.39 is 10.0 Å². The van der Waals surface area contributed by atoms with Gasteiger partial charge in [-0.15, -0.1) is 0 Å². The summed E-state index contributed by atoms with van der Waals surface area (Å²) < 4.78 is 27.8. The van der Waals surface area contributed by atoms with E-state index in [1.165, 1.54) is 16.4 Å². The fourth-order valence-electron chi connectivity index (χ4n) is 3.67. The minimum Gasteiger partial charge on any atom is -0.368 e. The van der Waals surface area contributed by atoms with E-state index in [0.717, 1.165) is 5.69 Å². The molecule has 10 nitrogen and oxygen atoms in total. The predicted molar refractivity (Wildman–Crippen MR) is 120 cm³/mol. The molecule has 3 heterocycles. The minimum atomic E-state index is -3.72. The Labute approximate surface area is 185 Å². The van der Waals surface area contributed by atoms with Crippen molar-refractivity contribution in [1.82, 2.24) is 24.6 Å². The van der Waals surface area contributed by atoms with Crippen LogP contribution in [0.25, 0.3) is 11.0 Å². The number of aryl methyl sites for hydroxylation is 1. The van der Waals surface area contributed by atoms with Gasteiger partial charge in [-0.1, -0.05) is 6.92 Å². The monoisotopic (exact) mass is 456 g/mol. The molecule has 4 rings (SSSR count). The molecule has 0 radical (unpaired) electrons. The lowest BCUT2D eigenvalue weighted by Gasteiger charge is -2.35. The number of H-pyrrole nitrogens is 1. The molecule has 0 aliphatic carbocycles. The van der Waals surface area contributed by atoms with Crippen LogP contribution in [0.2, 0.25) is 0 Å². The number of aromatic amines is 1. The summed E-state index contributed by atoms with van der Waals surface area (Å²) in [6.45, 7) is 3.44. The van der Waals surface area contributed by atoms with E-state index in [4.69, 9.17) is 0 Å². The molecular weight excluding hydrogens is 432 g/mol. The molecule has 1 aliphatic rings. The Bertz CT molecular complexity index is 1310. The molecule has 1 saturated heterocycles.